The number of hydrogen-bond donors (Lipinski definition) is 0. The summed E-state index contributed by atoms with van der Waals surface area (Å²) in [6.07, 6.45) is 16.0. The third kappa shape index (κ3) is 4.52. The smallest absolute Gasteiger partial charge is 0.00975 e. The number of benzene rings is 1. The van der Waals surface area contributed by atoms with E-state index >= 15 is 0 Å². The second kappa shape index (κ2) is 7.89. The summed E-state index contributed by atoms with van der Waals surface area (Å²) in [6, 6.07) is 11.0. The predicted molar refractivity (Wildman–Crippen MR) is 88.9 cm³/mol. The molecule has 2 atom stereocenters. The van der Waals surface area contributed by atoms with E-state index in [1.807, 2.05) is 0 Å². The molecule has 0 heterocycles. The molecule has 0 bridgehead atoms. The molecule has 0 N–H and O–H groups in total. The summed E-state index contributed by atoms with van der Waals surface area (Å²) < 4.78 is 0. The van der Waals surface area contributed by atoms with E-state index in [1.54, 1.807) is 0 Å². The van der Waals surface area contributed by atoms with E-state index in [-0.39, 0.29) is 0 Å². The molecular weight excluding hydrogens is 240 g/mol. The summed E-state index contributed by atoms with van der Waals surface area (Å²) in [5, 5.41) is 0. The molecule has 0 fully saturated rings. The van der Waals surface area contributed by atoms with E-state index in [4.69, 9.17) is 0 Å². The van der Waals surface area contributed by atoms with E-state index in [2.05, 4.69) is 74.6 Å². The Morgan fingerprint density at radius 3 is 2.60 bits per heavy atom. The summed E-state index contributed by atoms with van der Waals surface area (Å²) in [5.74, 6) is 1.44. The first kappa shape index (κ1) is 14.8. The number of rotatable bonds is 6. The normalized spacial score (nSPS) is 19.2. The van der Waals surface area contributed by atoms with Crippen LogP contribution in [0.25, 0.3) is 0 Å². The Hall–Kier alpha value is -1.56. The maximum atomic E-state index is 2.43. The van der Waals surface area contributed by atoms with Gasteiger partial charge in [0.15, 0.2) is 0 Å². The van der Waals surface area contributed by atoms with Gasteiger partial charge >= 0.3 is 0 Å². The highest BCUT2D eigenvalue weighted by Crippen LogP contribution is 2.29. The molecule has 106 valence electrons. The van der Waals surface area contributed by atoms with Crippen LogP contribution in [0.3, 0.4) is 0 Å². The van der Waals surface area contributed by atoms with Gasteiger partial charge in [0.2, 0.25) is 0 Å². The van der Waals surface area contributed by atoms with Crippen LogP contribution in [-0.4, -0.2) is 0 Å². The zero-order chi connectivity index (χ0) is 14.2. The van der Waals surface area contributed by atoms with Gasteiger partial charge in [-0.3, -0.25) is 0 Å². The lowest BCUT2D eigenvalue weighted by atomic mass is 9.85. The first-order valence-electron chi connectivity index (χ1n) is 7.86. The number of hydrogen-bond acceptors (Lipinski definition) is 0. The van der Waals surface area contributed by atoms with Crippen LogP contribution < -0.4 is 0 Å². The highest BCUT2D eigenvalue weighted by molar-refractivity contribution is 5.30. The van der Waals surface area contributed by atoms with Crippen LogP contribution in [0.4, 0.5) is 0 Å². The van der Waals surface area contributed by atoms with Gasteiger partial charge < -0.3 is 0 Å². The lowest BCUT2D eigenvalue weighted by Crippen LogP contribution is -2.04. The van der Waals surface area contributed by atoms with Crippen LogP contribution in [0.5, 0.6) is 0 Å². The Morgan fingerprint density at radius 1 is 1.15 bits per heavy atom. The molecule has 0 amide bonds. The van der Waals surface area contributed by atoms with Crippen molar-refractivity contribution in [3.05, 3.63) is 71.8 Å². The van der Waals surface area contributed by atoms with Crippen molar-refractivity contribution in [2.45, 2.75) is 45.4 Å². The van der Waals surface area contributed by atoms with Crippen molar-refractivity contribution < 1.29 is 0 Å². The van der Waals surface area contributed by atoms with Crippen molar-refractivity contribution in [1.29, 1.82) is 0 Å². The average molecular weight is 266 g/mol. The highest BCUT2D eigenvalue weighted by atomic mass is 14.2. The fourth-order valence-corrected chi connectivity index (χ4v) is 2.72. The van der Waals surface area contributed by atoms with Crippen molar-refractivity contribution in [2.75, 3.05) is 0 Å². The maximum absolute atomic E-state index is 2.43. The van der Waals surface area contributed by atoms with Crippen molar-refractivity contribution in [2.24, 2.45) is 5.92 Å². The van der Waals surface area contributed by atoms with Crippen LogP contribution in [0.2, 0.25) is 0 Å². The molecule has 0 aliphatic heterocycles. The van der Waals surface area contributed by atoms with E-state index in [0.29, 0.717) is 5.92 Å². The summed E-state index contributed by atoms with van der Waals surface area (Å²) >= 11 is 0. The summed E-state index contributed by atoms with van der Waals surface area (Å²) in [5.41, 5.74) is 2.94. The van der Waals surface area contributed by atoms with E-state index < -0.39 is 0 Å². The molecule has 0 spiro atoms. The predicted octanol–water partition coefficient (Wildman–Crippen LogP) is 6.04. The largest absolute Gasteiger partial charge is 0.0804 e. The van der Waals surface area contributed by atoms with Gasteiger partial charge in [0.1, 0.15) is 0 Å². The van der Waals surface area contributed by atoms with E-state index in [9.17, 15) is 0 Å². The van der Waals surface area contributed by atoms with Gasteiger partial charge in [-0.2, -0.15) is 0 Å². The Morgan fingerprint density at radius 2 is 1.95 bits per heavy atom. The molecule has 0 aromatic heterocycles. The van der Waals surface area contributed by atoms with Gasteiger partial charge in [-0.25, -0.2) is 0 Å². The Kier molecular flexibility index (Phi) is 5.86. The molecule has 0 heteroatoms. The van der Waals surface area contributed by atoms with Gasteiger partial charge in [-0.15, -0.1) is 0 Å². The minimum atomic E-state index is 0.651. The van der Waals surface area contributed by atoms with E-state index in [1.165, 1.54) is 24.0 Å². The molecule has 0 radical (unpaired) electrons. The topological polar surface area (TPSA) is 0 Å². The monoisotopic (exact) mass is 266 g/mol. The number of allylic oxidation sites excluding steroid dienone is 6. The zero-order valence-electron chi connectivity index (χ0n) is 12.8. The van der Waals surface area contributed by atoms with Crippen LogP contribution in [0.15, 0.2) is 66.3 Å². The summed E-state index contributed by atoms with van der Waals surface area (Å²) in [6.45, 7) is 4.66. The minimum Gasteiger partial charge on any atom is -0.0804 e. The fraction of sp³-hybridized carbons (Fsp3) is 0.400. The quantitative estimate of drug-likeness (QED) is 0.589. The summed E-state index contributed by atoms with van der Waals surface area (Å²) in [4.78, 5) is 0. The molecule has 0 saturated heterocycles. The van der Waals surface area contributed by atoms with Gasteiger partial charge in [0.25, 0.3) is 0 Å². The first-order chi connectivity index (χ1) is 9.79. The SMILES string of the molecule is CCC(C)CC(CC=C1C=CC=CC1)c1ccccc1. The molecule has 20 heavy (non-hydrogen) atoms. The standard InChI is InChI=1S/C20H26/c1-3-17(2)16-20(19-12-8-5-9-13-19)15-14-18-10-6-4-7-11-18/h4-10,12-14,17,20H,3,11,15-16H2,1-2H3. The lowest BCUT2D eigenvalue weighted by Gasteiger charge is -2.20. The lowest BCUT2D eigenvalue weighted by molar-refractivity contribution is 0.455. The highest BCUT2D eigenvalue weighted by Gasteiger charge is 2.13. The molecular formula is C20H26. The van der Waals surface area contributed by atoms with Crippen molar-refractivity contribution in [3.63, 3.8) is 0 Å². The fourth-order valence-electron chi connectivity index (χ4n) is 2.72. The van der Waals surface area contributed by atoms with Gasteiger partial charge in [-0.05, 0) is 42.2 Å². The van der Waals surface area contributed by atoms with Gasteiger partial charge in [0.05, 0.1) is 0 Å². The van der Waals surface area contributed by atoms with E-state index in [0.717, 1.165) is 18.8 Å². The average Bonchev–Trinajstić information content (AvgIpc) is 2.53. The molecule has 2 unspecified atom stereocenters. The zero-order valence-corrected chi connectivity index (χ0v) is 12.8. The third-order valence-corrected chi connectivity index (χ3v) is 4.23. The van der Waals surface area contributed by atoms with Crippen molar-refractivity contribution in [1.82, 2.24) is 0 Å². The second-order valence-corrected chi connectivity index (χ2v) is 5.86. The first-order valence-corrected chi connectivity index (χ1v) is 7.86. The van der Waals surface area contributed by atoms with Crippen LogP contribution in [0, 0.1) is 5.92 Å². The Bertz CT molecular complexity index is 476. The molecule has 1 aromatic rings. The molecule has 1 aromatic carbocycles. The third-order valence-electron chi connectivity index (χ3n) is 4.23. The Balaban J connectivity index is 2.06. The Labute approximate surface area is 123 Å². The maximum Gasteiger partial charge on any atom is -0.00975 e. The molecule has 1 aliphatic rings. The van der Waals surface area contributed by atoms with Crippen LogP contribution >= 0.6 is 0 Å². The molecule has 0 nitrogen and oxygen atoms in total. The summed E-state index contributed by atoms with van der Waals surface area (Å²) in [7, 11) is 0. The molecule has 2 rings (SSSR count). The second-order valence-electron chi connectivity index (χ2n) is 5.86. The van der Waals surface area contributed by atoms with Crippen LogP contribution in [-0.2, 0) is 0 Å². The molecule has 0 saturated carbocycles. The van der Waals surface area contributed by atoms with Crippen molar-refractivity contribution in [3.8, 4) is 0 Å². The molecule has 1 aliphatic carbocycles. The minimum absolute atomic E-state index is 0.651. The van der Waals surface area contributed by atoms with Crippen LogP contribution in [0.1, 0.15) is 51.0 Å². The van der Waals surface area contributed by atoms with Gasteiger partial charge in [0, 0.05) is 0 Å². The van der Waals surface area contributed by atoms with Crippen molar-refractivity contribution >= 4 is 0 Å². The van der Waals surface area contributed by atoms with Gasteiger partial charge in [-0.1, -0.05) is 81.0 Å².